The Kier molecular flexibility index (Phi) is 3.59. The van der Waals surface area contributed by atoms with Crippen LogP contribution in [0, 0.1) is 5.92 Å². The molecule has 3 aliphatic heterocycles. The summed E-state index contributed by atoms with van der Waals surface area (Å²) in [5, 5.41) is 0. The summed E-state index contributed by atoms with van der Waals surface area (Å²) in [5.41, 5.74) is 1.93. The predicted octanol–water partition coefficient (Wildman–Crippen LogP) is 2.89. The third kappa shape index (κ3) is 2.48. The molecule has 3 saturated heterocycles. The molecule has 0 unspecified atom stereocenters. The smallest absolute Gasteiger partial charge is 0.182 e. The van der Waals surface area contributed by atoms with Crippen LogP contribution in [0.5, 0.6) is 5.75 Å². The standard InChI is InChI=1S/C17H19NO2/c1-2-11-20-15-5-3-13(4-6-15)12-16-17(19)14-7-9-18(16)10-8-14/h2-6,12,14H,1,7-11H2/b16-12-. The van der Waals surface area contributed by atoms with Gasteiger partial charge in [0.05, 0.1) is 5.70 Å². The number of nitrogens with zero attached hydrogens (tertiary/aromatic N) is 1. The molecule has 0 radical (unpaired) electrons. The second kappa shape index (κ2) is 5.53. The molecule has 20 heavy (non-hydrogen) atoms. The van der Waals surface area contributed by atoms with Crippen LogP contribution in [0.2, 0.25) is 0 Å². The van der Waals surface area contributed by atoms with E-state index in [1.807, 2.05) is 30.3 Å². The average molecular weight is 269 g/mol. The number of allylic oxidation sites excluding steroid dienone is 1. The van der Waals surface area contributed by atoms with Crippen LogP contribution in [0.25, 0.3) is 6.08 Å². The Balaban J connectivity index is 1.78. The van der Waals surface area contributed by atoms with E-state index in [0.29, 0.717) is 12.4 Å². The zero-order valence-electron chi connectivity index (χ0n) is 11.5. The van der Waals surface area contributed by atoms with Gasteiger partial charge in [-0.25, -0.2) is 0 Å². The normalized spacial score (nSPS) is 20.5. The largest absolute Gasteiger partial charge is 0.490 e. The van der Waals surface area contributed by atoms with Crippen LogP contribution in [0.3, 0.4) is 0 Å². The van der Waals surface area contributed by atoms with Gasteiger partial charge in [-0.3, -0.25) is 4.79 Å². The van der Waals surface area contributed by atoms with Crippen LogP contribution >= 0.6 is 0 Å². The topological polar surface area (TPSA) is 29.5 Å². The minimum atomic E-state index is 0.251. The van der Waals surface area contributed by atoms with E-state index in [4.69, 9.17) is 4.74 Å². The Labute approximate surface area is 119 Å². The first-order valence-electron chi connectivity index (χ1n) is 7.12. The Morgan fingerprint density at radius 3 is 2.55 bits per heavy atom. The molecule has 3 fully saturated rings. The molecule has 2 bridgehead atoms. The van der Waals surface area contributed by atoms with Crippen molar-refractivity contribution in [3.05, 3.63) is 48.2 Å². The maximum Gasteiger partial charge on any atom is 0.182 e. The fraction of sp³-hybridized carbons (Fsp3) is 0.353. The molecule has 104 valence electrons. The summed E-state index contributed by atoms with van der Waals surface area (Å²) in [5.74, 6) is 1.39. The lowest BCUT2D eigenvalue weighted by Crippen LogP contribution is -2.45. The van der Waals surface area contributed by atoms with Gasteiger partial charge < -0.3 is 9.64 Å². The molecule has 3 heterocycles. The van der Waals surface area contributed by atoms with Gasteiger partial charge in [0.2, 0.25) is 0 Å². The van der Waals surface area contributed by atoms with Gasteiger partial charge in [-0.15, -0.1) is 0 Å². The molecule has 3 heteroatoms. The molecule has 0 N–H and O–H groups in total. The van der Waals surface area contributed by atoms with Gasteiger partial charge in [-0.05, 0) is 36.6 Å². The van der Waals surface area contributed by atoms with Gasteiger partial charge >= 0.3 is 0 Å². The first kappa shape index (κ1) is 13.0. The Hall–Kier alpha value is -2.03. The molecule has 0 spiro atoms. The van der Waals surface area contributed by atoms with Crippen LogP contribution in [0.4, 0.5) is 0 Å². The highest BCUT2D eigenvalue weighted by Crippen LogP contribution is 2.32. The summed E-state index contributed by atoms with van der Waals surface area (Å²) in [6.45, 7) is 6.16. The number of piperidine rings is 3. The monoisotopic (exact) mass is 269 g/mol. The third-order valence-corrected chi connectivity index (χ3v) is 4.01. The zero-order chi connectivity index (χ0) is 13.9. The molecule has 0 saturated carbocycles. The van der Waals surface area contributed by atoms with E-state index in [1.165, 1.54) is 0 Å². The molecular weight excluding hydrogens is 250 g/mol. The summed E-state index contributed by atoms with van der Waals surface area (Å²) in [4.78, 5) is 14.5. The molecule has 3 aliphatic rings. The zero-order valence-corrected chi connectivity index (χ0v) is 11.5. The molecule has 0 amide bonds. The van der Waals surface area contributed by atoms with Gasteiger partial charge in [-0.1, -0.05) is 24.8 Å². The van der Waals surface area contributed by atoms with Crippen molar-refractivity contribution >= 4 is 11.9 Å². The van der Waals surface area contributed by atoms with Gasteiger partial charge in [0.15, 0.2) is 5.78 Å². The van der Waals surface area contributed by atoms with Gasteiger partial charge in [0, 0.05) is 19.0 Å². The van der Waals surface area contributed by atoms with Crippen molar-refractivity contribution in [2.24, 2.45) is 5.92 Å². The number of hydrogen-bond donors (Lipinski definition) is 0. The maximum atomic E-state index is 12.3. The third-order valence-electron chi connectivity index (χ3n) is 4.01. The quantitative estimate of drug-likeness (QED) is 0.622. The van der Waals surface area contributed by atoms with Crippen LogP contribution in [-0.4, -0.2) is 30.4 Å². The van der Waals surface area contributed by atoms with E-state index in [2.05, 4.69) is 11.5 Å². The maximum absolute atomic E-state index is 12.3. The van der Waals surface area contributed by atoms with Crippen molar-refractivity contribution in [3.63, 3.8) is 0 Å². The fourth-order valence-corrected chi connectivity index (χ4v) is 2.88. The fourth-order valence-electron chi connectivity index (χ4n) is 2.88. The number of ether oxygens (including phenoxy) is 1. The number of benzene rings is 1. The van der Waals surface area contributed by atoms with Crippen molar-refractivity contribution in [3.8, 4) is 5.75 Å². The SMILES string of the molecule is C=CCOc1ccc(/C=C2/C(=O)C3CCN2CC3)cc1. The minimum Gasteiger partial charge on any atom is -0.490 e. The number of ketones is 1. The molecular formula is C17H19NO2. The van der Waals surface area contributed by atoms with E-state index in [0.717, 1.165) is 42.9 Å². The average Bonchev–Trinajstić information content (AvgIpc) is 2.50. The van der Waals surface area contributed by atoms with Crippen molar-refractivity contribution < 1.29 is 9.53 Å². The minimum absolute atomic E-state index is 0.251. The summed E-state index contributed by atoms with van der Waals surface area (Å²) < 4.78 is 5.45. The van der Waals surface area contributed by atoms with Crippen molar-refractivity contribution in [1.82, 2.24) is 4.90 Å². The van der Waals surface area contributed by atoms with Crippen LogP contribution in [-0.2, 0) is 4.79 Å². The molecule has 0 aliphatic carbocycles. The molecule has 0 aromatic heterocycles. The van der Waals surface area contributed by atoms with Crippen LogP contribution in [0.15, 0.2) is 42.6 Å². The lowest BCUT2D eigenvalue weighted by molar-refractivity contribution is -0.125. The van der Waals surface area contributed by atoms with Crippen molar-refractivity contribution in [2.75, 3.05) is 19.7 Å². The van der Waals surface area contributed by atoms with E-state index < -0.39 is 0 Å². The molecule has 3 nitrogen and oxygen atoms in total. The van der Waals surface area contributed by atoms with E-state index in [9.17, 15) is 4.79 Å². The highest BCUT2D eigenvalue weighted by Gasteiger charge is 2.36. The predicted molar refractivity (Wildman–Crippen MR) is 79.4 cm³/mol. The van der Waals surface area contributed by atoms with E-state index >= 15 is 0 Å². The van der Waals surface area contributed by atoms with E-state index in [1.54, 1.807) is 6.08 Å². The lowest BCUT2D eigenvalue weighted by atomic mass is 9.84. The molecule has 4 rings (SSSR count). The van der Waals surface area contributed by atoms with Gasteiger partial charge in [0.25, 0.3) is 0 Å². The number of fused-ring (bicyclic) bond motifs is 3. The summed E-state index contributed by atoms with van der Waals surface area (Å²) in [7, 11) is 0. The van der Waals surface area contributed by atoms with Gasteiger partial charge in [0.1, 0.15) is 12.4 Å². The Morgan fingerprint density at radius 2 is 1.95 bits per heavy atom. The van der Waals surface area contributed by atoms with Gasteiger partial charge in [-0.2, -0.15) is 0 Å². The highest BCUT2D eigenvalue weighted by atomic mass is 16.5. The summed E-state index contributed by atoms with van der Waals surface area (Å²) in [6, 6.07) is 7.83. The number of carbonyl (C=O) groups excluding carboxylic acids is 1. The van der Waals surface area contributed by atoms with E-state index in [-0.39, 0.29) is 5.92 Å². The Bertz CT molecular complexity index is 537. The Morgan fingerprint density at radius 1 is 1.25 bits per heavy atom. The second-order valence-corrected chi connectivity index (χ2v) is 5.32. The first-order chi connectivity index (χ1) is 9.78. The summed E-state index contributed by atoms with van der Waals surface area (Å²) in [6.07, 6.45) is 5.76. The van der Waals surface area contributed by atoms with Crippen LogP contribution < -0.4 is 4.74 Å². The first-order valence-corrected chi connectivity index (χ1v) is 7.12. The second-order valence-electron chi connectivity index (χ2n) is 5.32. The van der Waals surface area contributed by atoms with Crippen LogP contribution in [0.1, 0.15) is 18.4 Å². The van der Waals surface area contributed by atoms with Crippen molar-refractivity contribution in [2.45, 2.75) is 12.8 Å². The number of rotatable bonds is 4. The highest BCUT2D eigenvalue weighted by molar-refractivity contribution is 6.01. The number of Topliss-reactive ketones (excluding diaryl/α,β-unsaturated/α-hetero) is 1. The number of hydrogen-bond acceptors (Lipinski definition) is 3. The number of carbonyl (C=O) groups is 1. The molecule has 0 atom stereocenters. The molecule has 1 aromatic carbocycles. The lowest BCUT2D eigenvalue weighted by Gasteiger charge is -2.41. The van der Waals surface area contributed by atoms with Crippen molar-refractivity contribution in [1.29, 1.82) is 0 Å². The molecule has 1 aromatic rings. The summed E-state index contributed by atoms with van der Waals surface area (Å²) >= 11 is 0.